The van der Waals surface area contributed by atoms with Gasteiger partial charge in [-0.2, -0.15) is 0 Å². The molecule has 0 saturated carbocycles. The number of aryl methyl sites for hydroxylation is 1. The van der Waals surface area contributed by atoms with Gasteiger partial charge in [-0.3, -0.25) is 15.1 Å². The summed E-state index contributed by atoms with van der Waals surface area (Å²) in [5.41, 5.74) is 5.98. The van der Waals surface area contributed by atoms with Crippen molar-refractivity contribution in [2.24, 2.45) is 0 Å². The molecule has 0 aliphatic rings. The highest BCUT2D eigenvalue weighted by Crippen LogP contribution is 2.20. The summed E-state index contributed by atoms with van der Waals surface area (Å²) in [6, 6.07) is -0.345. The Hall–Kier alpha value is -0.980. The molecule has 0 fully saturated rings. The zero-order valence-corrected chi connectivity index (χ0v) is 10.2. The molecule has 0 saturated heterocycles. The van der Waals surface area contributed by atoms with Crippen molar-refractivity contribution in [3.05, 3.63) is 16.1 Å². The quantitative estimate of drug-likeness (QED) is 0.728. The topological polar surface area (TPSA) is 57.3 Å². The van der Waals surface area contributed by atoms with Crippen molar-refractivity contribution in [1.29, 1.82) is 0 Å². The first kappa shape index (κ1) is 12.1. The highest BCUT2D eigenvalue weighted by atomic mass is 32.1. The zero-order valence-electron chi connectivity index (χ0n) is 9.37. The molecule has 1 amide bonds. The Balaban J connectivity index is 2.88. The minimum absolute atomic E-state index is 0.104. The average Bonchev–Trinajstić information content (AvgIpc) is 2.51. The van der Waals surface area contributed by atoms with Gasteiger partial charge in [0.05, 0.1) is 10.7 Å². The number of hydrogen-bond acceptors (Lipinski definition) is 5. The summed E-state index contributed by atoms with van der Waals surface area (Å²) in [6.07, 6.45) is 0. The monoisotopic (exact) mass is 228 g/mol. The van der Waals surface area contributed by atoms with Gasteiger partial charge in [0.1, 0.15) is 6.04 Å². The van der Waals surface area contributed by atoms with E-state index >= 15 is 0 Å². The van der Waals surface area contributed by atoms with E-state index in [0.717, 1.165) is 10.7 Å². The van der Waals surface area contributed by atoms with Gasteiger partial charge >= 0.3 is 0 Å². The first-order chi connectivity index (χ1) is 7.06. The Labute approximate surface area is 93.5 Å². The first-order valence-corrected chi connectivity index (χ1v) is 5.49. The van der Waals surface area contributed by atoms with Gasteiger partial charge in [0, 0.05) is 12.4 Å². The number of likely N-dealkylation sites (N-methyl/N-ethyl adjacent to an activating group) is 1. The van der Waals surface area contributed by atoms with Crippen LogP contribution in [0, 0.1) is 6.92 Å². The number of aromatic nitrogens is 1. The van der Waals surface area contributed by atoms with Crippen LogP contribution in [-0.4, -0.2) is 36.9 Å². The van der Waals surface area contributed by atoms with Crippen molar-refractivity contribution in [3.8, 4) is 0 Å². The Kier molecular flexibility index (Phi) is 4.19. The van der Waals surface area contributed by atoms with E-state index in [-0.39, 0.29) is 11.9 Å². The highest BCUT2D eigenvalue weighted by molar-refractivity contribution is 7.09. The van der Waals surface area contributed by atoms with E-state index in [2.05, 4.69) is 15.8 Å². The van der Waals surface area contributed by atoms with Crippen molar-refractivity contribution >= 4 is 17.2 Å². The van der Waals surface area contributed by atoms with Gasteiger partial charge in [0.15, 0.2) is 0 Å². The largest absolute Gasteiger partial charge is 0.293 e. The third-order valence-corrected chi connectivity index (χ3v) is 2.72. The molecule has 1 atom stereocenters. The second kappa shape index (κ2) is 5.20. The normalized spacial score (nSPS) is 12.9. The molecule has 1 aromatic heterocycles. The van der Waals surface area contributed by atoms with E-state index in [1.54, 1.807) is 18.4 Å². The van der Waals surface area contributed by atoms with E-state index in [4.69, 9.17) is 0 Å². The number of rotatable bonds is 4. The zero-order chi connectivity index (χ0) is 11.4. The molecule has 0 aromatic carbocycles. The van der Waals surface area contributed by atoms with E-state index in [9.17, 15) is 4.79 Å². The standard InChI is InChI=1S/C9H16N4OS/c1-6-11-7(5-15-6)8(13(3)4)9(14)12-10-2/h5,8,10H,1-4H3,(H,12,14). The fourth-order valence-electron chi connectivity index (χ4n) is 1.33. The molecule has 6 heteroatoms. The van der Waals surface area contributed by atoms with Gasteiger partial charge in [-0.05, 0) is 21.0 Å². The second-order valence-electron chi connectivity index (χ2n) is 3.40. The average molecular weight is 228 g/mol. The van der Waals surface area contributed by atoms with Crippen LogP contribution in [0.1, 0.15) is 16.7 Å². The lowest BCUT2D eigenvalue weighted by atomic mass is 10.2. The Bertz CT molecular complexity index is 337. The van der Waals surface area contributed by atoms with Crippen LogP contribution in [0.3, 0.4) is 0 Å². The van der Waals surface area contributed by atoms with E-state index in [0.29, 0.717) is 0 Å². The van der Waals surface area contributed by atoms with Crippen LogP contribution in [0.4, 0.5) is 0 Å². The van der Waals surface area contributed by atoms with E-state index in [1.807, 2.05) is 31.3 Å². The number of carbonyl (C=O) groups excluding carboxylic acids is 1. The van der Waals surface area contributed by atoms with Crippen LogP contribution in [0.2, 0.25) is 0 Å². The van der Waals surface area contributed by atoms with E-state index < -0.39 is 0 Å². The maximum atomic E-state index is 11.7. The molecule has 1 heterocycles. The Morgan fingerprint density at radius 1 is 1.60 bits per heavy atom. The molecule has 0 bridgehead atoms. The van der Waals surface area contributed by atoms with Gasteiger partial charge in [-0.15, -0.1) is 11.3 Å². The SMILES string of the molecule is CNNC(=O)C(c1csc(C)n1)N(C)C. The first-order valence-electron chi connectivity index (χ1n) is 4.61. The molecule has 5 nitrogen and oxygen atoms in total. The molecular formula is C9H16N4OS. The maximum absolute atomic E-state index is 11.7. The highest BCUT2D eigenvalue weighted by Gasteiger charge is 2.24. The number of amides is 1. The molecule has 15 heavy (non-hydrogen) atoms. The van der Waals surface area contributed by atoms with Crippen LogP contribution in [-0.2, 0) is 4.79 Å². The van der Waals surface area contributed by atoms with Gasteiger partial charge in [0.2, 0.25) is 0 Å². The number of carbonyl (C=O) groups is 1. The molecule has 0 radical (unpaired) electrons. The third kappa shape index (κ3) is 2.98. The fourth-order valence-corrected chi connectivity index (χ4v) is 1.96. The van der Waals surface area contributed by atoms with Crippen LogP contribution in [0.5, 0.6) is 0 Å². The van der Waals surface area contributed by atoms with Crippen LogP contribution in [0.25, 0.3) is 0 Å². The summed E-state index contributed by atoms with van der Waals surface area (Å²) >= 11 is 1.55. The van der Waals surface area contributed by atoms with Gasteiger partial charge in [-0.25, -0.2) is 10.4 Å². The maximum Gasteiger partial charge on any atom is 0.257 e. The minimum Gasteiger partial charge on any atom is -0.293 e. The summed E-state index contributed by atoms with van der Waals surface area (Å²) in [4.78, 5) is 17.9. The lowest BCUT2D eigenvalue weighted by Gasteiger charge is -2.21. The second-order valence-corrected chi connectivity index (χ2v) is 4.46. The molecule has 1 rings (SSSR count). The molecule has 0 spiro atoms. The van der Waals surface area contributed by atoms with Gasteiger partial charge in [-0.1, -0.05) is 0 Å². The van der Waals surface area contributed by atoms with E-state index in [1.165, 1.54) is 0 Å². The van der Waals surface area contributed by atoms with Gasteiger partial charge < -0.3 is 0 Å². The van der Waals surface area contributed by atoms with Crippen molar-refractivity contribution in [2.45, 2.75) is 13.0 Å². The number of thiazole rings is 1. The molecule has 0 aliphatic heterocycles. The van der Waals surface area contributed by atoms with Crippen molar-refractivity contribution in [1.82, 2.24) is 20.7 Å². The Morgan fingerprint density at radius 3 is 2.67 bits per heavy atom. The van der Waals surface area contributed by atoms with Crippen LogP contribution in [0.15, 0.2) is 5.38 Å². The lowest BCUT2D eigenvalue weighted by Crippen LogP contribution is -2.42. The van der Waals surface area contributed by atoms with Crippen molar-refractivity contribution in [2.75, 3.05) is 21.1 Å². The minimum atomic E-state index is -0.345. The predicted molar refractivity (Wildman–Crippen MR) is 60.5 cm³/mol. The molecular weight excluding hydrogens is 212 g/mol. The van der Waals surface area contributed by atoms with Crippen molar-refractivity contribution in [3.63, 3.8) is 0 Å². The summed E-state index contributed by atoms with van der Waals surface area (Å²) in [5, 5.41) is 2.88. The van der Waals surface area contributed by atoms with Crippen molar-refractivity contribution < 1.29 is 4.79 Å². The number of nitrogens with zero attached hydrogens (tertiary/aromatic N) is 2. The summed E-state index contributed by atoms with van der Waals surface area (Å²) in [6.45, 7) is 1.93. The summed E-state index contributed by atoms with van der Waals surface area (Å²) < 4.78 is 0. The molecule has 0 aliphatic carbocycles. The molecule has 84 valence electrons. The molecule has 1 aromatic rings. The molecule has 2 N–H and O–H groups in total. The summed E-state index contributed by atoms with van der Waals surface area (Å²) in [7, 11) is 5.38. The lowest BCUT2D eigenvalue weighted by molar-refractivity contribution is -0.126. The van der Waals surface area contributed by atoms with Crippen LogP contribution < -0.4 is 10.9 Å². The number of nitrogens with one attached hydrogen (secondary N) is 2. The number of hydrogen-bond donors (Lipinski definition) is 2. The van der Waals surface area contributed by atoms with Crippen LogP contribution >= 0.6 is 11.3 Å². The Morgan fingerprint density at radius 2 is 2.27 bits per heavy atom. The third-order valence-electron chi connectivity index (χ3n) is 1.93. The fraction of sp³-hybridized carbons (Fsp3) is 0.556. The smallest absolute Gasteiger partial charge is 0.257 e. The number of hydrazine groups is 1. The predicted octanol–water partition coefficient (Wildman–Crippen LogP) is 0.305. The van der Waals surface area contributed by atoms with Gasteiger partial charge in [0.25, 0.3) is 5.91 Å². The molecule has 1 unspecified atom stereocenters. The summed E-state index contributed by atoms with van der Waals surface area (Å²) in [5.74, 6) is -0.104.